The Balaban J connectivity index is 5.48. The molecule has 0 spiro atoms. The monoisotopic (exact) mass is 594 g/mol. The van der Waals surface area contributed by atoms with Crippen LogP contribution in [-0.4, -0.2) is 13.5 Å². The fourth-order valence-electron chi connectivity index (χ4n) is 3.89. The van der Waals surface area contributed by atoms with E-state index in [4.69, 9.17) is 0 Å². The van der Waals surface area contributed by atoms with Gasteiger partial charge in [-0.15, -0.1) is 9.24 Å². The quantitative estimate of drug-likeness (QED) is 0.135. The van der Waals surface area contributed by atoms with Gasteiger partial charge in [-0.2, -0.15) is 0 Å². The average molecular weight is 594 g/mol. The third kappa shape index (κ3) is 6.44. The van der Waals surface area contributed by atoms with Gasteiger partial charge in [0.25, 0.3) is 0 Å². The average Bonchev–Trinajstić information content (AvgIpc) is 2.56. The normalized spacial score (nSPS) is 22.2. The van der Waals surface area contributed by atoms with Crippen LogP contribution >= 0.6 is 54.4 Å². The first-order chi connectivity index (χ1) is 11.1. The highest BCUT2D eigenvalue weighted by Gasteiger charge is 2.47. The van der Waals surface area contributed by atoms with E-state index in [0.717, 1.165) is 21.7 Å². The van der Waals surface area contributed by atoms with Crippen LogP contribution in [0.2, 0.25) is 0 Å². The number of alkyl halides is 2. The van der Waals surface area contributed by atoms with Gasteiger partial charge in [-0.1, -0.05) is 128 Å². The molecule has 0 N–H and O–H groups in total. The molecule has 8 atom stereocenters. The van der Waals surface area contributed by atoms with Crippen LogP contribution in [0.1, 0.15) is 82.6 Å². The topological polar surface area (TPSA) is 0 Å². The third-order valence-electron chi connectivity index (χ3n) is 7.65. The summed E-state index contributed by atoms with van der Waals surface area (Å²) in [6.45, 7) is 26.9. The number of rotatable bonds is 10. The minimum atomic E-state index is 0.295. The fraction of sp³-hybridized carbons (Fsp3) is 1.00. The van der Waals surface area contributed by atoms with Crippen LogP contribution in [0.3, 0.4) is 0 Å². The maximum absolute atomic E-state index is 3.27. The van der Waals surface area contributed by atoms with Crippen molar-refractivity contribution in [3.63, 3.8) is 0 Å². The van der Waals surface area contributed by atoms with Gasteiger partial charge < -0.3 is 0 Å². The molecule has 0 aromatic rings. The Morgan fingerprint density at radius 1 is 0.760 bits per heavy atom. The molecule has 0 radical (unpaired) electrons. The summed E-state index contributed by atoms with van der Waals surface area (Å²) in [5.41, 5.74) is 1.20. The van der Waals surface area contributed by atoms with Gasteiger partial charge in [0.1, 0.15) is 0 Å². The lowest BCUT2D eigenvalue weighted by Crippen LogP contribution is -2.49. The second-order valence-corrected chi connectivity index (χ2v) is 13.6. The van der Waals surface area contributed by atoms with E-state index in [2.05, 4.69) is 131 Å². The maximum Gasteiger partial charge on any atom is 0.0169 e. The summed E-state index contributed by atoms with van der Waals surface area (Å²) in [6, 6.07) is 0. The first-order valence-electron chi connectivity index (χ1n) is 10.2. The Hall–Kier alpha value is 1.89. The van der Waals surface area contributed by atoms with E-state index in [-0.39, 0.29) is 0 Å². The number of hydrogen-bond donors (Lipinski definition) is 0. The van der Waals surface area contributed by atoms with Crippen LogP contribution in [0.4, 0.5) is 0 Å². The summed E-state index contributed by atoms with van der Waals surface area (Å²) in [7, 11) is 3.27. The van der Waals surface area contributed by atoms with Gasteiger partial charge in [-0.3, -0.25) is 0 Å². The van der Waals surface area contributed by atoms with Gasteiger partial charge in [0.2, 0.25) is 0 Å². The molecule has 0 bridgehead atoms. The molecular weight excluding hydrogens is 549 g/mol. The Bertz CT molecular complexity index is 391. The molecule has 3 heteroatoms. The smallest absolute Gasteiger partial charge is 0.0169 e. The van der Waals surface area contributed by atoms with Gasteiger partial charge in [0, 0.05) is 7.85 Å². The highest BCUT2D eigenvalue weighted by Crippen LogP contribution is 2.52. The Morgan fingerprint density at radius 2 is 1.12 bits per heavy atom. The van der Waals surface area contributed by atoms with E-state index in [1.54, 1.807) is 0 Å². The molecule has 0 aromatic heterocycles. The summed E-state index contributed by atoms with van der Waals surface area (Å²) in [6.07, 6.45) is 1.27. The molecule has 0 fully saturated rings. The van der Waals surface area contributed by atoms with Crippen LogP contribution in [-0.2, 0) is 0 Å². The SMILES string of the molecule is CCC(C)C(I)C(C)C(C)(C)C(P)C(C)(C)C(C)C(I)C(C)C(C)C. The standard InChI is InChI=1S/C22H45I2P/c1-12-14(4)18(23)16(6)21(8,9)20(25)22(10,11)17(7)19(24)15(5)13(2)3/h13-20H,12,25H2,1-11H3. The summed E-state index contributed by atoms with van der Waals surface area (Å²) >= 11 is 5.45. The van der Waals surface area contributed by atoms with Crippen molar-refractivity contribution in [1.29, 1.82) is 0 Å². The number of hydrogen-bond acceptors (Lipinski definition) is 0. The van der Waals surface area contributed by atoms with Crippen molar-refractivity contribution in [1.82, 2.24) is 0 Å². The largest absolute Gasteiger partial charge is 0.133 e. The summed E-state index contributed by atoms with van der Waals surface area (Å²) in [5.74, 6) is 3.68. The molecule has 25 heavy (non-hydrogen) atoms. The van der Waals surface area contributed by atoms with Crippen LogP contribution < -0.4 is 0 Å². The van der Waals surface area contributed by atoms with Gasteiger partial charge >= 0.3 is 0 Å². The van der Waals surface area contributed by atoms with E-state index in [0.29, 0.717) is 32.2 Å². The van der Waals surface area contributed by atoms with E-state index < -0.39 is 0 Å². The molecule has 8 unspecified atom stereocenters. The maximum atomic E-state index is 3.27. The van der Waals surface area contributed by atoms with Crippen molar-refractivity contribution in [3.05, 3.63) is 0 Å². The van der Waals surface area contributed by atoms with Gasteiger partial charge in [-0.05, 0) is 46.1 Å². The van der Waals surface area contributed by atoms with Crippen LogP contribution in [0.5, 0.6) is 0 Å². The zero-order valence-electron chi connectivity index (χ0n) is 18.7. The van der Waals surface area contributed by atoms with E-state index in [9.17, 15) is 0 Å². The van der Waals surface area contributed by atoms with Crippen molar-refractivity contribution in [2.75, 3.05) is 0 Å². The predicted molar refractivity (Wildman–Crippen MR) is 138 cm³/mol. The van der Waals surface area contributed by atoms with Crippen molar-refractivity contribution in [2.45, 2.75) is 96.1 Å². The lowest BCUT2D eigenvalue weighted by Gasteiger charge is -2.51. The molecule has 0 aliphatic heterocycles. The molecule has 0 nitrogen and oxygen atoms in total. The lowest BCUT2D eigenvalue weighted by atomic mass is 9.61. The van der Waals surface area contributed by atoms with Crippen molar-refractivity contribution < 1.29 is 0 Å². The second-order valence-electron chi connectivity index (χ2n) is 10.1. The minimum absolute atomic E-state index is 0.295. The third-order valence-corrected chi connectivity index (χ3v) is 13.9. The molecule has 0 heterocycles. The van der Waals surface area contributed by atoms with Gasteiger partial charge in [0.05, 0.1) is 0 Å². The van der Waals surface area contributed by atoms with Crippen LogP contribution in [0.25, 0.3) is 0 Å². The molecular formula is C22H45I2P. The van der Waals surface area contributed by atoms with E-state index in [1.807, 2.05) is 0 Å². The summed E-state index contributed by atoms with van der Waals surface area (Å²) in [5, 5.41) is 0. The second kappa shape index (κ2) is 10.6. The van der Waals surface area contributed by atoms with Gasteiger partial charge in [0.15, 0.2) is 0 Å². The summed E-state index contributed by atoms with van der Waals surface area (Å²) in [4.78, 5) is 0. The molecule has 0 rings (SSSR count). The van der Waals surface area contributed by atoms with Crippen molar-refractivity contribution in [2.24, 2.45) is 40.4 Å². The molecule has 0 amide bonds. The van der Waals surface area contributed by atoms with Crippen molar-refractivity contribution in [3.8, 4) is 0 Å². The minimum Gasteiger partial charge on any atom is -0.133 e. The lowest BCUT2D eigenvalue weighted by molar-refractivity contribution is 0.0868. The van der Waals surface area contributed by atoms with E-state index in [1.165, 1.54) is 6.42 Å². The first kappa shape index (κ1) is 26.9. The predicted octanol–water partition coefficient (Wildman–Crippen LogP) is 8.50. The molecule has 152 valence electrons. The highest BCUT2D eigenvalue weighted by atomic mass is 127. The Morgan fingerprint density at radius 3 is 1.44 bits per heavy atom. The fourth-order valence-corrected chi connectivity index (χ4v) is 7.69. The molecule has 0 saturated heterocycles. The number of halogens is 2. The molecule has 0 aliphatic rings. The Labute approximate surface area is 189 Å². The van der Waals surface area contributed by atoms with E-state index >= 15 is 0 Å². The first-order valence-corrected chi connectivity index (χ1v) is 13.3. The summed E-state index contributed by atoms with van der Waals surface area (Å²) < 4.78 is 1.45. The van der Waals surface area contributed by atoms with Gasteiger partial charge in [-0.25, -0.2) is 0 Å². The molecule has 0 saturated carbocycles. The Kier molecular flexibility index (Phi) is 11.4. The molecule has 0 aromatic carbocycles. The highest BCUT2D eigenvalue weighted by molar-refractivity contribution is 14.1. The zero-order valence-corrected chi connectivity index (χ0v) is 24.1. The van der Waals surface area contributed by atoms with Crippen LogP contribution in [0, 0.1) is 40.4 Å². The van der Waals surface area contributed by atoms with Crippen LogP contribution in [0.15, 0.2) is 0 Å². The van der Waals surface area contributed by atoms with Crippen molar-refractivity contribution >= 4 is 54.4 Å². The molecule has 0 aliphatic carbocycles. The zero-order chi connectivity index (χ0) is 20.3.